The summed E-state index contributed by atoms with van der Waals surface area (Å²) in [6.45, 7) is 2.97. The molecule has 1 N–H and O–H groups in total. The van der Waals surface area contributed by atoms with Crippen molar-refractivity contribution < 1.29 is 14.6 Å². The number of carbonyl (C=O) groups is 1. The lowest BCUT2D eigenvalue weighted by Crippen LogP contribution is -2.32. The van der Waals surface area contributed by atoms with Crippen molar-refractivity contribution in [2.75, 3.05) is 6.61 Å². The molecule has 0 spiro atoms. The van der Waals surface area contributed by atoms with E-state index in [9.17, 15) is 9.90 Å². The fourth-order valence-corrected chi connectivity index (χ4v) is 3.10. The molecule has 1 aliphatic carbocycles. The van der Waals surface area contributed by atoms with Gasteiger partial charge < -0.3 is 9.84 Å². The molecule has 3 atom stereocenters. The van der Waals surface area contributed by atoms with Gasteiger partial charge in [-0.05, 0) is 44.4 Å². The number of carboxylic acid groups (broad SMARTS) is 1. The first kappa shape index (κ1) is 10.9. The van der Waals surface area contributed by atoms with Crippen LogP contribution in [0.25, 0.3) is 0 Å². The van der Waals surface area contributed by atoms with E-state index in [0.717, 1.165) is 45.1 Å². The van der Waals surface area contributed by atoms with Crippen LogP contribution in [0, 0.1) is 11.3 Å². The van der Waals surface area contributed by atoms with Crippen LogP contribution >= 0.6 is 0 Å². The normalized spacial score (nSPS) is 40.9. The van der Waals surface area contributed by atoms with E-state index in [-0.39, 0.29) is 6.10 Å². The van der Waals surface area contributed by atoms with E-state index in [4.69, 9.17) is 4.74 Å². The summed E-state index contributed by atoms with van der Waals surface area (Å²) in [5, 5.41) is 9.39. The topological polar surface area (TPSA) is 46.5 Å². The Labute approximate surface area is 90.8 Å². The Hall–Kier alpha value is -0.570. The van der Waals surface area contributed by atoms with Gasteiger partial charge in [-0.1, -0.05) is 6.92 Å². The van der Waals surface area contributed by atoms with Crippen LogP contribution in [0.3, 0.4) is 0 Å². The minimum absolute atomic E-state index is 0.200. The minimum atomic E-state index is -0.609. The van der Waals surface area contributed by atoms with Gasteiger partial charge >= 0.3 is 5.97 Å². The maximum atomic E-state index is 11.4. The maximum Gasteiger partial charge on any atom is 0.309 e. The van der Waals surface area contributed by atoms with Gasteiger partial charge in [0.1, 0.15) is 0 Å². The molecule has 0 aromatic carbocycles. The number of hydrogen-bond acceptors (Lipinski definition) is 2. The fraction of sp³-hybridized carbons (Fsp3) is 0.917. The first-order chi connectivity index (χ1) is 7.12. The Bertz CT molecular complexity index is 245. The highest BCUT2D eigenvalue weighted by molar-refractivity contribution is 5.75. The lowest BCUT2D eigenvalue weighted by Gasteiger charge is -2.27. The monoisotopic (exact) mass is 212 g/mol. The lowest BCUT2D eigenvalue weighted by molar-refractivity contribution is -0.151. The number of ether oxygens (including phenoxy) is 1. The van der Waals surface area contributed by atoms with Crippen molar-refractivity contribution in [1.29, 1.82) is 0 Å². The second kappa shape index (κ2) is 4.12. The van der Waals surface area contributed by atoms with Gasteiger partial charge in [0.05, 0.1) is 11.5 Å². The first-order valence-electron chi connectivity index (χ1n) is 5.97. The molecule has 0 radical (unpaired) electrons. The van der Waals surface area contributed by atoms with Crippen LogP contribution in [0.15, 0.2) is 0 Å². The summed E-state index contributed by atoms with van der Waals surface area (Å²) in [5.74, 6) is -0.0511. The smallest absolute Gasteiger partial charge is 0.309 e. The summed E-state index contributed by atoms with van der Waals surface area (Å²) in [4.78, 5) is 11.4. The highest BCUT2D eigenvalue weighted by Crippen LogP contribution is 2.46. The van der Waals surface area contributed by atoms with Crippen molar-refractivity contribution in [3.05, 3.63) is 0 Å². The summed E-state index contributed by atoms with van der Waals surface area (Å²) in [5.41, 5.74) is -0.478. The Morgan fingerprint density at radius 3 is 2.80 bits per heavy atom. The maximum absolute atomic E-state index is 11.4. The van der Waals surface area contributed by atoms with Gasteiger partial charge in [0.25, 0.3) is 0 Å². The zero-order valence-corrected chi connectivity index (χ0v) is 9.37. The van der Waals surface area contributed by atoms with E-state index in [1.54, 1.807) is 0 Å². The zero-order valence-electron chi connectivity index (χ0n) is 9.37. The second-order valence-electron chi connectivity index (χ2n) is 5.27. The Balaban J connectivity index is 2.02. The summed E-state index contributed by atoms with van der Waals surface area (Å²) < 4.78 is 5.56. The third kappa shape index (κ3) is 2.17. The molecule has 3 heteroatoms. The average Bonchev–Trinajstić information content (AvgIpc) is 2.77. The van der Waals surface area contributed by atoms with Crippen LogP contribution in [-0.4, -0.2) is 23.8 Å². The third-order valence-corrected chi connectivity index (χ3v) is 3.95. The molecular formula is C12H20O3. The Kier molecular flexibility index (Phi) is 3.01. The molecule has 2 aliphatic rings. The molecule has 1 aliphatic heterocycles. The highest BCUT2D eigenvalue weighted by Gasteiger charge is 2.46. The molecule has 0 bridgehead atoms. The van der Waals surface area contributed by atoms with E-state index in [1.165, 1.54) is 0 Å². The van der Waals surface area contributed by atoms with Crippen molar-refractivity contribution >= 4 is 5.97 Å². The van der Waals surface area contributed by atoms with Crippen molar-refractivity contribution in [3.63, 3.8) is 0 Å². The largest absolute Gasteiger partial charge is 0.481 e. The molecule has 1 heterocycles. The predicted octanol–water partition coefficient (Wildman–Crippen LogP) is 2.45. The van der Waals surface area contributed by atoms with E-state index >= 15 is 0 Å². The molecule has 0 aromatic heterocycles. The van der Waals surface area contributed by atoms with E-state index in [1.807, 2.05) is 0 Å². The molecule has 3 unspecified atom stereocenters. The molecular weight excluding hydrogens is 192 g/mol. The molecule has 2 rings (SSSR count). The van der Waals surface area contributed by atoms with Gasteiger partial charge in [0.2, 0.25) is 0 Å². The lowest BCUT2D eigenvalue weighted by atomic mass is 9.79. The Morgan fingerprint density at radius 2 is 2.33 bits per heavy atom. The van der Waals surface area contributed by atoms with Crippen LogP contribution in [-0.2, 0) is 9.53 Å². The van der Waals surface area contributed by atoms with Crippen LogP contribution < -0.4 is 0 Å². The fourth-order valence-electron chi connectivity index (χ4n) is 3.10. The van der Waals surface area contributed by atoms with Gasteiger partial charge in [-0.15, -0.1) is 0 Å². The minimum Gasteiger partial charge on any atom is -0.481 e. The van der Waals surface area contributed by atoms with Gasteiger partial charge in [0.15, 0.2) is 0 Å². The van der Waals surface area contributed by atoms with Crippen LogP contribution in [0.5, 0.6) is 0 Å². The molecule has 2 fully saturated rings. The summed E-state index contributed by atoms with van der Waals surface area (Å²) in [7, 11) is 0. The standard InChI is InChI=1S/C12H20O3/c1-9-4-5-12(7-9,11(13)14)8-10-3-2-6-15-10/h9-10H,2-8H2,1H3,(H,13,14). The molecule has 0 amide bonds. The SMILES string of the molecule is CC1CCC(CC2CCCO2)(C(=O)O)C1. The highest BCUT2D eigenvalue weighted by atomic mass is 16.5. The molecule has 3 nitrogen and oxygen atoms in total. The van der Waals surface area contributed by atoms with E-state index in [0.29, 0.717) is 5.92 Å². The predicted molar refractivity (Wildman–Crippen MR) is 56.7 cm³/mol. The first-order valence-corrected chi connectivity index (χ1v) is 5.97. The van der Waals surface area contributed by atoms with Crippen molar-refractivity contribution in [1.82, 2.24) is 0 Å². The van der Waals surface area contributed by atoms with Crippen molar-refractivity contribution in [2.24, 2.45) is 11.3 Å². The number of rotatable bonds is 3. The van der Waals surface area contributed by atoms with Crippen LogP contribution in [0.2, 0.25) is 0 Å². The Morgan fingerprint density at radius 1 is 1.53 bits per heavy atom. The number of aliphatic carboxylic acids is 1. The number of carboxylic acids is 1. The summed E-state index contributed by atoms with van der Waals surface area (Å²) in [6.07, 6.45) is 5.79. The van der Waals surface area contributed by atoms with Crippen molar-refractivity contribution in [2.45, 2.75) is 51.6 Å². The molecule has 1 saturated carbocycles. The molecule has 1 saturated heterocycles. The van der Waals surface area contributed by atoms with E-state index in [2.05, 4.69) is 6.92 Å². The second-order valence-corrected chi connectivity index (χ2v) is 5.27. The average molecular weight is 212 g/mol. The quantitative estimate of drug-likeness (QED) is 0.781. The van der Waals surface area contributed by atoms with Gasteiger partial charge in [-0.2, -0.15) is 0 Å². The molecule has 0 aromatic rings. The van der Waals surface area contributed by atoms with Gasteiger partial charge in [-0.3, -0.25) is 4.79 Å². The summed E-state index contributed by atoms with van der Waals surface area (Å²) in [6, 6.07) is 0. The van der Waals surface area contributed by atoms with Crippen molar-refractivity contribution in [3.8, 4) is 0 Å². The van der Waals surface area contributed by atoms with Gasteiger partial charge in [0, 0.05) is 6.61 Å². The zero-order chi connectivity index (χ0) is 10.9. The third-order valence-electron chi connectivity index (χ3n) is 3.95. The summed E-state index contributed by atoms with van der Waals surface area (Å²) >= 11 is 0. The van der Waals surface area contributed by atoms with E-state index < -0.39 is 11.4 Å². The molecule has 86 valence electrons. The molecule has 15 heavy (non-hydrogen) atoms. The van der Waals surface area contributed by atoms with Crippen LogP contribution in [0.4, 0.5) is 0 Å². The van der Waals surface area contributed by atoms with Crippen LogP contribution in [0.1, 0.15) is 45.4 Å². The number of hydrogen-bond donors (Lipinski definition) is 1. The van der Waals surface area contributed by atoms with Gasteiger partial charge in [-0.25, -0.2) is 0 Å².